The fourth-order valence-electron chi connectivity index (χ4n) is 1.58. The molecule has 0 fully saturated rings. The van der Waals surface area contributed by atoms with Gasteiger partial charge in [-0.15, -0.1) is 10.2 Å². The molecule has 2 aromatic rings. The van der Waals surface area contributed by atoms with Gasteiger partial charge in [0, 0.05) is 11.6 Å². The summed E-state index contributed by atoms with van der Waals surface area (Å²) in [5, 5.41) is 21.3. The fraction of sp³-hybridized carbons (Fsp3) is 0.600. The van der Waals surface area contributed by atoms with Crippen LogP contribution in [0.25, 0.3) is 0 Å². The second-order valence-corrected chi connectivity index (χ2v) is 4.35. The third kappa shape index (κ3) is 2.26. The molecular formula is C10H16N6. The summed E-state index contributed by atoms with van der Waals surface area (Å²) >= 11 is 0. The van der Waals surface area contributed by atoms with Gasteiger partial charge >= 0.3 is 0 Å². The Morgan fingerprint density at radius 3 is 2.62 bits per heavy atom. The lowest BCUT2D eigenvalue weighted by Crippen LogP contribution is -2.01. The van der Waals surface area contributed by atoms with Gasteiger partial charge < -0.3 is 0 Å². The van der Waals surface area contributed by atoms with Crippen molar-refractivity contribution in [2.45, 2.75) is 39.0 Å². The van der Waals surface area contributed by atoms with Gasteiger partial charge in [-0.25, -0.2) is 0 Å². The minimum absolute atomic E-state index is 0.235. The predicted octanol–water partition coefficient (Wildman–Crippen LogP) is 1.39. The number of hydrogen-bond donors (Lipinski definition) is 2. The maximum Gasteiger partial charge on any atom is 0.177 e. The molecule has 0 saturated carbocycles. The summed E-state index contributed by atoms with van der Waals surface area (Å²) in [5.74, 6) is 1.42. The van der Waals surface area contributed by atoms with E-state index in [9.17, 15) is 0 Å². The van der Waals surface area contributed by atoms with Crippen molar-refractivity contribution in [1.82, 2.24) is 30.8 Å². The maximum atomic E-state index is 4.26. The third-order valence-corrected chi connectivity index (χ3v) is 2.57. The van der Waals surface area contributed by atoms with E-state index in [-0.39, 0.29) is 5.92 Å². The van der Waals surface area contributed by atoms with E-state index < -0.39 is 0 Å². The number of aromatic amines is 2. The normalized spacial score (nSPS) is 13.2. The summed E-state index contributed by atoms with van der Waals surface area (Å²) in [4.78, 5) is 0. The van der Waals surface area contributed by atoms with Crippen molar-refractivity contribution in [3.05, 3.63) is 23.3 Å². The van der Waals surface area contributed by atoms with Crippen LogP contribution in [0.3, 0.4) is 0 Å². The molecule has 0 aliphatic rings. The maximum absolute atomic E-state index is 4.26. The first kappa shape index (κ1) is 10.8. The lowest BCUT2D eigenvalue weighted by atomic mass is 10.0. The van der Waals surface area contributed by atoms with Crippen LogP contribution in [0, 0.1) is 0 Å². The summed E-state index contributed by atoms with van der Waals surface area (Å²) in [6, 6.07) is 2.10. The van der Waals surface area contributed by atoms with Crippen LogP contribution >= 0.6 is 0 Å². The SMILES string of the molecule is CC(C)c1cc(CC(C)c2nn[nH]n2)[nH]n1. The van der Waals surface area contributed by atoms with Crippen LogP contribution in [0.2, 0.25) is 0 Å². The van der Waals surface area contributed by atoms with Gasteiger partial charge in [0.15, 0.2) is 5.82 Å². The van der Waals surface area contributed by atoms with E-state index in [2.05, 4.69) is 57.7 Å². The molecule has 2 heterocycles. The number of H-pyrrole nitrogens is 2. The van der Waals surface area contributed by atoms with Crippen molar-refractivity contribution >= 4 is 0 Å². The molecule has 16 heavy (non-hydrogen) atoms. The van der Waals surface area contributed by atoms with Gasteiger partial charge in [0.1, 0.15) is 0 Å². The zero-order valence-corrected chi connectivity index (χ0v) is 9.73. The second-order valence-electron chi connectivity index (χ2n) is 4.35. The highest BCUT2D eigenvalue weighted by atomic mass is 15.5. The molecule has 0 saturated heterocycles. The molecule has 2 rings (SSSR count). The van der Waals surface area contributed by atoms with E-state index in [0.717, 1.165) is 23.6 Å². The van der Waals surface area contributed by atoms with E-state index in [1.165, 1.54) is 0 Å². The van der Waals surface area contributed by atoms with Gasteiger partial charge in [0.25, 0.3) is 0 Å². The van der Waals surface area contributed by atoms with E-state index in [4.69, 9.17) is 0 Å². The monoisotopic (exact) mass is 220 g/mol. The standard InChI is InChI=1S/C10H16N6/c1-6(2)9-5-8(11-12-9)4-7(3)10-13-15-16-14-10/h5-7H,4H2,1-3H3,(H,11,12)(H,13,14,15,16). The molecule has 0 aliphatic heterocycles. The quantitative estimate of drug-likeness (QED) is 0.815. The molecular weight excluding hydrogens is 204 g/mol. The molecule has 6 nitrogen and oxygen atoms in total. The fourth-order valence-corrected chi connectivity index (χ4v) is 1.58. The van der Waals surface area contributed by atoms with Gasteiger partial charge in [-0.2, -0.15) is 10.3 Å². The highest BCUT2D eigenvalue weighted by molar-refractivity contribution is 5.13. The van der Waals surface area contributed by atoms with E-state index in [0.29, 0.717) is 5.92 Å². The van der Waals surface area contributed by atoms with Gasteiger partial charge in [0.05, 0.1) is 5.69 Å². The predicted molar refractivity (Wildman–Crippen MR) is 59.0 cm³/mol. The average Bonchev–Trinajstić information content (AvgIpc) is 2.87. The molecule has 1 unspecified atom stereocenters. The Hall–Kier alpha value is -1.72. The molecule has 0 aromatic carbocycles. The summed E-state index contributed by atoms with van der Waals surface area (Å²) in [6.45, 7) is 6.33. The van der Waals surface area contributed by atoms with Crippen LogP contribution in [0.4, 0.5) is 0 Å². The van der Waals surface area contributed by atoms with Crippen LogP contribution < -0.4 is 0 Å². The molecule has 0 spiro atoms. The van der Waals surface area contributed by atoms with E-state index >= 15 is 0 Å². The molecule has 1 atom stereocenters. The number of aromatic nitrogens is 6. The smallest absolute Gasteiger partial charge is 0.177 e. The van der Waals surface area contributed by atoms with Crippen molar-refractivity contribution < 1.29 is 0 Å². The zero-order valence-electron chi connectivity index (χ0n) is 9.73. The molecule has 0 aliphatic carbocycles. The van der Waals surface area contributed by atoms with E-state index in [1.807, 2.05) is 0 Å². The van der Waals surface area contributed by atoms with Gasteiger partial charge in [-0.3, -0.25) is 5.10 Å². The third-order valence-electron chi connectivity index (χ3n) is 2.57. The van der Waals surface area contributed by atoms with Crippen LogP contribution in [0.15, 0.2) is 6.07 Å². The number of nitrogens with one attached hydrogen (secondary N) is 2. The minimum atomic E-state index is 0.235. The first-order valence-electron chi connectivity index (χ1n) is 5.44. The Balaban J connectivity index is 2.03. The molecule has 2 aromatic heterocycles. The Morgan fingerprint density at radius 2 is 2.06 bits per heavy atom. The second kappa shape index (κ2) is 4.42. The van der Waals surface area contributed by atoms with Gasteiger partial charge in [-0.05, 0) is 18.4 Å². The summed E-state index contributed by atoms with van der Waals surface area (Å²) in [7, 11) is 0. The highest BCUT2D eigenvalue weighted by Crippen LogP contribution is 2.17. The number of tetrazole rings is 1. The first-order valence-corrected chi connectivity index (χ1v) is 5.44. The lowest BCUT2D eigenvalue weighted by Gasteiger charge is -2.03. The van der Waals surface area contributed by atoms with Crippen molar-refractivity contribution in [2.24, 2.45) is 0 Å². The summed E-state index contributed by atoms with van der Waals surface area (Å²) in [6.07, 6.45) is 0.846. The van der Waals surface area contributed by atoms with Gasteiger partial charge in [-0.1, -0.05) is 26.0 Å². The molecule has 0 radical (unpaired) electrons. The number of nitrogens with zero attached hydrogens (tertiary/aromatic N) is 4. The van der Waals surface area contributed by atoms with Crippen LogP contribution in [0.1, 0.15) is 49.8 Å². The average molecular weight is 220 g/mol. The Kier molecular flexibility index (Phi) is 2.98. The Morgan fingerprint density at radius 1 is 1.25 bits per heavy atom. The van der Waals surface area contributed by atoms with E-state index in [1.54, 1.807) is 0 Å². The summed E-state index contributed by atoms with van der Waals surface area (Å²) in [5.41, 5.74) is 2.20. The van der Waals surface area contributed by atoms with Crippen LogP contribution in [0.5, 0.6) is 0 Å². The minimum Gasteiger partial charge on any atom is -0.282 e. The lowest BCUT2D eigenvalue weighted by molar-refractivity contribution is 0.685. The van der Waals surface area contributed by atoms with Crippen molar-refractivity contribution in [3.8, 4) is 0 Å². The molecule has 0 amide bonds. The summed E-state index contributed by atoms with van der Waals surface area (Å²) < 4.78 is 0. The molecule has 0 bridgehead atoms. The van der Waals surface area contributed by atoms with Crippen molar-refractivity contribution in [3.63, 3.8) is 0 Å². The highest BCUT2D eigenvalue weighted by Gasteiger charge is 2.13. The zero-order chi connectivity index (χ0) is 11.5. The van der Waals surface area contributed by atoms with Crippen molar-refractivity contribution in [1.29, 1.82) is 0 Å². The molecule has 6 heteroatoms. The number of hydrogen-bond acceptors (Lipinski definition) is 4. The number of rotatable bonds is 4. The van der Waals surface area contributed by atoms with Crippen molar-refractivity contribution in [2.75, 3.05) is 0 Å². The first-order chi connectivity index (χ1) is 7.66. The topological polar surface area (TPSA) is 83.1 Å². The Bertz CT molecular complexity index is 430. The van der Waals surface area contributed by atoms with Crippen LogP contribution in [-0.4, -0.2) is 30.8 Å². The largest absolute Gasteiger partial charge is 0.282 e. The van der Waals surface area contributed by atoms with Gasteiger partial charge in [0.2, 0.25) is 0 Å². The molecule has 2 N–H and O–H groups in total. The van der Waals surface area contributed by atoms with Crippen LogP contribution in [-0.2, 0) is 6.42 Å². The molecule has 86 valence electrons. The Labute approximate surface area is 93.8 Å².